The number of halogens is 1. The number of hydrogen-bond acceptors (Lipinski definition) is 13. The molecule has 0 atom stereocenters. The van der Waals surface area contributed by atoms with Crippen LogP contribution >= 0.6 is 0 Å². The summed E-state index contributed by atoms with van der Waals surface area (Å²) in [5.41, 5.74) is 2.57. The molecule has 1 saturated carbocycles. The Balaban J connectivity index is 1.60. The molecule has 0 heterocycles. The third-order valence-electron chi connectivity index (χ3n) is 11.1. The van der Waals surface area contributed by atoms with Crippen LogP contribution in [0.2, 0.25) is 0 Å². The summed E-state index contributed by atoms with van der Waals surface area (Å²) in [6.45, 7) is 12.7. The fraction of sp³-hybridized carbons (Fsp3) is 0.451. The van der Waals surface area contributed by atoms with Gasteiger partial charge < -0.3 is 33.2 Å². The van der Waals surface area contributed by atoms with Crippen LogP contribution in [0.25, 0.3) is 22.3 Å². The predicted octanol–water partition coefficient (Wildman–Crippen LogP) is 9.33. The largest absolute Gasteiger partial charge is 0.493 e. The van der Waals surface area contributed by atoms with Crippen molar-refractivity contribution in [2.24, 2.45) is 11.3 Å². The van der Waals surface area contributed by atoms with Crippen molar-refractivity contribution < 1.29 is 66.3 Å². The first-order chi connectivity index (χ1) is 31.1. The zero-order valence-corrected chi connectivity index (χ0v) is 38.1. The molecule has 3 aromatic carbocycles. The Bertz CT molecular complexity index is 2130. The lowest BCUT2D eigenvalue weighted by atomic mass is 9.77. The van der Waals surface area contributed by atoms with E-state index in [1.54, 1.807) is 49.4 Å². The Morgan fingerprint density at radius 2 is 1.12 bits per heavy atom. The van der Waals surface area contributed by atoms with Crippen LogP contribution in [-0.2, 0) is 63.8 Å². The minimum Gasteiger partial charge on any atom is -0.493 e. The van der Waals surface area contributed by atoms with Crippen molar-refractivity contribution in [2.75, 3.05) is 39.6 Å². The van der Waals surface area contributed by atoms with E-state index in [4.69, 9.17) is 33.2 Å². The predicted molar refractivity (Wildman–Crippen MR) is 240 cm³/mol. The molecule has 14 heteroatoms. The van der Waals surface area contributed by atoms with Crippen LogP contribution in [0.5, 0.6) is 5.75 Å². The van der Waals surface area contributed by atoms with E-state index in [-0.39, 0.29) is 42.5 Å². The number of benzene rings is 3. The maximum absolute atomic E-state index is 16.0. The number of unbranched alkanes of at least 4 members (excludes halogenated alkanes) is 2. The van der Waals surface area contributed by atoms with E-state index in [0.717, 1.165) is 37.2 Å². The normalized spacial score (nSPS) is 14.6. The smallest absolute Gasteiger partial charge is 0.417 e. The standard InChI is InChI=1S/C51H61FO13/c1-8-11-12-13-35-14-16-36(17-15-35)38-20-25-43(44(52)27-38)39-21-24-42(40(26-39)28-61-45(53)33(4)5)37-18-22-41(23-19-37)62-29-51(30-63-46(54)34(6)7,31-64-49(57)47(55)59-9-2)32-65-50(58)48(56)60-10-3/h18-27,35-36H,4,6,8-17,28-32H2,1-3,5,7H3. The molecule has 0 bridgehead atoms. The van der Waals surface area contributed by atoms with E-state index in [1.165, 1.54) is 46.5 Å². The first-order valence-electron chi connectivity index (χ1n) is 22.1. The Morgan fingerprint density at radius 1 is 0.600 bits per heavy atom. The van der Waals surface area contributed by atoms with E-state index in [0.29, 0.717) is 33.7 Å². The minimum atomic E-state index is -1.68. The molecular weight excluding hydrogens is 840 g/mol. The lowest BCUT2D eigenvalue weighted by molar-refractivity contribution is -0.178. The molecule has 1 aliphatic carbocycles. The molecule has 0 spiro atoms. The van der Waals surface area contributed by atoms with Gasteiger partial charge in [0.2, 0.25) is 0 Å². The van der Waals surface area contributed by atoms with Crippen molar-refractivity contribution >= 4 is 35.8 Å². The van der Waals surface area contributed by atoms with E-state index in [9.17, 15) is 28.8 Å². The van der Waals surface area contributed by atoms with Crippen molar-refractivity contribution in [3.8, 4) is 28.0 Å². The zero-order valence-electron chi connectivity index (χ0n) is 38.1. The number of rotatable bonds is 22. The molecule has 65 heavy (non-hydrogen) atoms. The molecule has 3 aromatic rings. The second kappa shape index (κ2) is 25.2. The van der Waals surface area contributed by atoms with Crippen LogP contribution in [0.15, 0.2) is 85.0 Å². The van der Waals surface area contributed by atoms with Crippen molar-refractivity contribution in [3.63, 3.8) is 0 Å². The maximum atomic E-state index is 16.0. The molecule has 13 nitrogen and oxygen atoms in total. The fourth-order valence-corrected chi connectivity index (χ4v) is 7.41. The number of ether oxygens (including phenoxy) is 7. The van der Waals surface area contributed by atoms with Gasteiger partial charge in [-0.15, -0.1) is 0 Å². The lowest BCUT2D eigenvalue weighted by Crippen LogP contribution is -2.45. The average molecular weight is 901 g/mol. The molecule has 1 fully saturated rings. The van der Waals surface area contributed by atoms with Gasteiger partial charge in [-0.25, -0.2) is 33.2 Å². The van der Waals surface area contributed by atoms with Gasteiger partial charge in [0.1, 0.15) is 50.0 Å². The van der Waals surface area contributed by atoms with Gasteiger partial charge in [0.15, 0.2) is 0 Å². The Hall–Kier alpha value is -6.31. The first-order valence-corrected chi connectivity index (χ1v) is 22.1. The highest BCUT2D eigenvalue weighted by molar-refractivity contribution is 6.30. The summed E-state index contributed by atoms with van der Waals surface area (Å²) in [6, 6.07) is 17.6. The molecule has 350 valence electrons. The van der Waals surface area contributed by atoms with Crippen LogP contribution in [0.3, 0.4) is 0 Å². The van der Waals surface area contributed by atoms with Gasteiger partial charge in [-0.3, -0.25) is 0 Å². The van der Waals surface area contributed by atoms with Crippen molar-refractivity contribution in [2.45, 2.75) is 98.5 Å². The molecule has 0 N–H and O–H groups in total. The third-order valence-corrected chi connectivity index (χ3v) is 11.1. The van der Waals surface area contributed by atoms with Gasteiger partial charge in [0, 0.05) is 16.7 Å². The van der Waals surface area contributed by atoms with Crippen LogP contribution < -0.4 is 4.74 Å². The van der Waals surface area contributed by atoms with Crippen molar-refractivity contribution in [1.82, 2.24) is 0 Å². The second-order valence-electron chi connectivity index (χ2n) is 16.4. The molecular formula is C51H61FO13. The van der Waals surface area contributed by atoms with Crippen molar-refractivity contribution in [3.05, 3.63) is 102 Å². The molecule has 1 aliphatic rings. The van der Waals surface area contributed by atoms with E-state index in [2.05, 4.69) is 20.1 Å². The molecule has 4 rings (SSSR count). The summed E-state index contributed by atoms with van der Waals surface area (Å²) in [5.74, 6) is -5.72. The summed E-state index contributed by atoms with van der Waals surface area (Å²) in [5, 5.41) is 0. The van der Waals surface area contributed by atoms with E-state index < -0.39 is 67.7 Å². The molecule has 0 saturated heterocycles. The molecule has 0 aliphatic heterocycles. The van der Waals surface area contributed by atoms with Crippen LogP contribution in [0, 0.1) is 17.2 Å². The van der Waals surface area contributed by atoms with Gasteiger partial charge in [-0.1, -0.05) is 82.2 Å². The minimum absolute atomic E-state index is 0.0351. The summed E-state index contributed by atoms with van der Waals surface area (Å²) < 4.78 is 52.9. The highest BCUT2D eigenvalue weighted by Gasteiger charge is 2.39. The summed E-state index contributed by atoms with van der Waals surface area (Å²) in [6.07, 6.45) is 9.45. The maximum Gasteiger partial charge on any atom is 0.417 e. The Kier molecular flexibility index (Phi) is 19.9. The van der Waals surface area contributed by atoms with Gasteiger partial charge in [-0.05, 0) is 117 Å². The van der Waals surface area contributed by atoms with Crippen molar-refractivity contribution in [1.29, 1.82) is 0 Å². The van der Waals surface area contributed by atoms with Gasteiger partial charge >= 0.3 is 35.8 Å². The summed E-state index contributed by atoms with van der Waals surface area (Å²) in [4.78, 5) is 74.2. The monoisotopic (exact) mass is 900 g/mol. The topological polar surface area (TPSA) is 167 Å². The quantitative estimate of drug-likeness (QED) is 0.0308. The lowest BCUT2D eigenvalue weighted by Gasteiger charge is -2.31. The third kappa shape index (κ3) is 15.4. The van der Waals surface area contributed by atoms with E-state index >= 15 is 4.39 Å². The first kappa shape index (κ1) is 51.3. The molecule has 0 aromatic heterocycles. The molecule has 0 unspecified atom stereocenters. The Labute approximate surface area is 380 Å². The average Bonchev–Trinajstić information content (AvgIpc) is 3.30. The van der Waals surface area contributed by atoms with Gasteiger partial charge in [0.05, 0.1) is 13.2 Å². The van der Waals surface area contributed by atoms with Gasteiger partial charge in [-0.2, -0.15) is 0 Å². The number of carbonyl (C=O) groups excluding carboxylic acids is 6. The van der Waals surface area contributed by atoms with Crippen LogP contribution in [0.1, 0.15) is 103 Å². The van der Waals surface area contributed by atoms with E-state index in [1.807, 2.05) is 18.2 Å². The second-order valence-corrected chi connectivity index (χ2v) is 16.4. The zero-order chi connectivity index (χ0) is 47.5. The number of esters is 6. The van der Waals surface area contributed by atoms with Crippen LogP contribution in [-0.4, -0.2) is 75.5 Å². The van der Waals surface area contributed by atoms with Gasteiger partial charge in [0.25, 0.3) is 0 Å². The summed E-state index contributed by atoms with van der Waals surface area (Å²) >= 11 is 0. The Morgan fingerprint density at radius 3 is 1.66 bits per heavy atom. The number of carbonyl (C=O) groups is 6. The molecule has 0 amide bonds. The molecule has 0 radical (unpaired) electrons. The number of hydrogen-bond donors (Lipinski definition) is 0. The SMILES string of the molecule is C=C(C)C(=O)OCc1cc(-c2ccc(C3CCC(CCCCC)CC3)cc2F)ccc1-c1ccc(OCC(COC(=O)C(=C)C)(COC(=O)C(=O)OCC)COC(=O)C(=O)OCC)cc1. The van der Waals surface area contributed by atoms with Crippen LogP contribution in [0.4, 0.5) is 4.39 Å². The fourth-order valence-electron chi connectivity index (χ4n) is 7.41. The summed E-state index contributed by atoms with van der Waals surface area (Å²) in [7, 11) is 0. The highest BCUT2D eigenvalue weighted by Crippen LogP contribution is 2.40. The highest BCUT2D eigenvalue weighted by atomic mass is 19.1.